The highest BCUT2D eigenvalue weighted by molar-refractivity contribution is 9.11. The summed E-state index contributed by atoms with van der Waals surface area (Å²) in [5, 5.41) is 4.99. The number of furan rings is 1. The molecule has 0 atom stereocenters. The van der Waals surface area contributed by atoms with Crippen LogP contribution in [0.2, 0.25) is 0 Å². The molecule has 4 aromatic rings. The normalized spacial score (nSPS) is 12.1. The van der Waals surface area contributed by atoms with Crippen molar-refractivity contribution >= 4 is 55.0 Å². The first-order valence-electron chi connectivity index (χ1n) is 10.6. The van der Waals surface area contributed by atoms with E-state index in [9.17, 15) is 4.79 Å². The number of aromatic nitrogens is 1. The van der Waals surface area contributed by atoms with Crippen molar-refractivity contribution in [1.82, 2.24) is 9.99 Å². The van der Waals surface area contributed by atoms with Crippen molar-refractivity contribution in [2.24, 2.45) is 5.10 Å². The first-order valence-corrected chi connectivity index (χ1v) is 12.1. The monoisotopic (exact) mass is 569 g/mol. The molecule has 4 rings (SSSR count). The zero-order valence-corrected chi connectivity index (χ0v) is 22.3. The van der Waals surface area contributed by atoms with Crippen LogP contribution in [-0.4, -0.2) is 16.7 Å². The lowest BCUT2D eigenvalue weighted by atomic mass is 9.87. The van der Waals surface area contributed by atoms with Gasteiger partial charge in [0.1, 0.15) is 5.58 Å². The van der Waals surface area contributed by atoms with Crippen LogP contribution in [0.25, 0.3) is 16.7 Å². The average molecular weight is 571 g/mol. The first-order chi connectivity index (χ1) is 15.5. The van der Waals surface area contributed by atoms with Crippen LogP contribution in [0.3, 0.4) is 0 Å². The Kier molecular flexibility index (Phi) is 6.38. The molecule has 0 unspecified atom stereocenters. The molecule has 0 aliphatic carbocycles. The molecule has 7 heteroatoms. The molecule has 2 aromatic carbocycles. The third-order valence-corrected chi connectivity index (χ3v) is 6.64. The molecule has 2 aromatic heterocycles. The number of rotatable bonds is 4. The summed E-state index contributed by atoms with van der Waals surface area (Å²) < 4.78 is 9.56. The first kappa shape index (κ1) is 23.5. The van der Waals surface area contributed by atoms with Crippen molar-refractivity contribution in [3.63, 3.8) is 0 Å². The summed E-state index contributed by atoms with van der Waals surface area (Å²) in [7, 11) is 0. The minimum absolute atomic E-state index is 0.113. The third kappa shape index (κ3) is 4.84. The van der Waals surface area contributed by atoms with Crippen LogP contribution >= 0.6 is 31.9 Å². The van der Waals surface area contributed by atoms with Crippen molar-refractivity contribution in [3.8, 4) is 5.69 Å². The standard InChI is InChI=1S/C26H25Br2N3O2/c1-15-10-18(16(2)31(15)21-8-6-19(7-9-21)26(3,4)5)14-29-30-25(32)23-12-17-11-20(27)13-22(28)24(17)33-23/h6-14H,1-5H3,(H,30,32)/b29-14-. The summed E-state index contributed by atoms with van der Waals surface area (Å²) in [6.07, 6.45) is 1.66. The number of nitrogens with one attached hydrogen (secondary N) is 1. The number of carbonyl (C=O) groups excluding carboxylic acids is 1. The van der Waals surface area contributed by atoms with Crippen LogP contribution in [0.15, 0.2) is 67.0 Å². The molecule has 5 nitrogen and oxygen atoms in total. The second-order valence-corrected chi connectivity index (χ2v) is 10.8. The molecular weight excluding hydrogens is 546 g/mol. The van der Waals surface area contributed by atoms with Crippen molar-refractivity contribution in [1.29, 1.82) is 0 Å². The summed E-state index contributed by atoms with van der Waals surface area (Å²) in [4.78, 5) is 12.5. The lowest BCUT2D eigenvalue weighted by molar-refractivity contribution is 0.0929. The maximum absolute atomic E-state index is 12.5. The molecule has 1 amide bonds. The van der Waals surface area contributed by atoms with Gasteiger partial charge in [0.05, 0.1) is 10.7 Å². The van der Waals surface area contributed by atoms with Crippen LogP contribution in [0.1, 0.15) is 53.8 Å². The number of nitrogens with zero attached hydrogens (tertiary/aromatic N) is 2. The molecule has 0 aliphatic rings. The fourth-order valence-electron chi connectivity index (χ4n) is 3.83. The summed E-state index contributed by atoms with van der Waals surface area (Å²) in [5.41, 5.74) is 8.76. The fourth-order valence-corrected chi connectivity index (χ4v) is 5.17. The summed E-state index contributed by atoms with van der Waals surface area (Å²) in [6, 6.07) is 16.1. The van der Waals surface area contributed by atoms with E-state index in [1.54, 1.807) is 12.3 Å². The molecule has 0 fully saturated rings. The topological polar surface area (TPSA) is 59.5 Å². The minimum atomic E-state index is -0.406. The number of amides is 1. The highest BCUT2D eigenvalue weighted by Gasteiger charge is 2.16. The van der Waals surface area contributed by atoms with Crippen molar-refractivity contribution in [2.75, 3.05) is 0 Å². The quantitative estimate of drug-likeness (QED) is 0.205. The molecule has 0 saturated carbocycles. The fraction of sp³-hybridized carbons (Fsp3) is 0.231. The second-order valence-electron chi connectivity index (χ2n) is 9.07. The Balaban J connectivity index is 1.52. The lowest BCUT2D eigenvalue weighted by Crippen LogP contribution is -2.16. The van der Waals surface area contributed by atoms with E-state index in [1.165, 1.54) is 5.56 Å². The molecule has 0 saturated heterocycles. The van der Waals surface area contributed by atoms with Gasteiger partial charge in [0.25, 0.3) is 0 Å². The Labute approximate surface area is 210 Å². The van der Waals surface area contributed by atoms with Gasteiger partial charge in [-0.2, -0.15) is 5.10 Å². The number of hydrogen-bond donors (Lipinski definition) is 1. The summed E-state index contributed by atoms with van der Waals surface area (Å²) >= 11 is 6.90. The van der Waals surface area contributed by atoms with E-state index >= 15 is 0 Å². The van der Waals surface area contributed by atoms with Crippen LogP contribution in [0, 0.1) is 13.8 Å². The summed E-state index contributed by atoms with van der Waals surface area (Å²) in [6.45, 7) is 10.7. The highest BCUT2D eigenvalue weighted by Crippen LogP contribution is 2.31. The molecular formula is C26H25Br2N3O2. The zero-order valence-electron chi connectivity index (χ0n) is 19.2. The SMILES string of the molecule is Cc1cc(/C=N\NC(=O)c2cc3cc(Br)cc(Br)c3o2)c(C)n1-c1ccc(C(C)(C)C)cc1. The van der Waals surface area contributed by atoms with Crippen LogP contribution < -0.4 is 5.43 Å². The Bertz CT molecular complexity index is 1370. The Morgan fingerprint density at radius 2 is 1.76 bits per heavy atom. The van der Waals surface area contributed by atoms with Gasteiger partial charge in [0.15, 0.2) is 5.76 Å². The minimum Gasteiger partial charge on any atom is -0.450 e. The average Bonchev–Trinajstić information content (AvgIpc) is 3.28. The number of carbonyl (C=O) groups is 1. The number of benzene rings is 2. The van der Waals surface area contributed by atoms with E-state index in [1.807, 2.05) is 19.1 Å². The molecule has 2 heterocycles. The van der Waals surface area contributed by atoms with Gasteiger partial charge in [0.2, 0.25) is 0 Å². The second kappa shape index (κ2) is 8.95. The number of fused-ring (bicyclic) bond motifs is 1. The van der Waals surface area contributed by atoms with E-state index in [0.29, 0.717) is 5.58 Å². The molecule has 170 valence electrons. The van der Waals surface area contributed by atoms with E-state index in [4.69, 9.17) is 4.42 Å². The number of hydrogen-bond acceptors (Lipinski definition) is 3. The van der Waals surface area contributed by atoms with Crippen molar-refractivity contribution in [2.45, 2.75) is 40.0 Å². The van der Waals surface area contributed by atoms with Crippen LogP contribution in [0.5, 0.6) is 0 Å². The number of aryl methyl sites for hydroxylation is 1. The van der Waals surface area contributed by atoms with Gasteiger partial charge >= 0.3 is 5.91 Å². The zero-order chi connectivity index (χ0) is 23.9. The number of halogens is 2. The van der Waals surface area contributed by atoms with Gasteiger partial charge in [0, 0.05) is 32.5 Å². The van der Waals surface area contributed by atoms with E-state index in [-0.39, 0.29) is 11.2 Å². The molecule has 1 N–H and O–H groups in total. The van der Waals surface area contributed by atoms with E-state index in [2.05, 4.69) is 105 Å². The molecule has 0 aliphatic heterocycles. The highest BCUT2D eigenvalue weighted by atomic mass is 79.9. The Morgan fingerprint density at radius 3 is 2.42 bits per heavy atom. The van der Waals surface area contributed by atoms with Gasteiger partial charge in [-0.1, -0.05) is 48.8 Å². The van der Waals surface area contributed by atoms with Crippen molar-refractivity contribution in [3.05, 3.63) is 85.8 Å². The van der Waals surface area contributed by atoms with Gasteiger partial charge < -0.3 is 8.98 Å². The molecule has 33 heavy (non-hydrogen) atoms. The van der Waals surface area contributed by atoms with Crippen LogP contribution in [0.4, 0.5) is 0 Å². The van der Waals surface area contributed by atoms with Gasteiger partial charge in [-0.25, -0.2) is 5.43 Å². The summed E-state index contributed by atoms with van der Waals surface area (Å²) in [5.74, 6) is -0.206. The Hall–Kier alpha value is -2.64. The largest absolute Gasteiger partial charge is 0.450 e. The maximum Gasteiger partial charge on any atom is 0.307 e. The van der Waals surface area contributed by atoms with E-state index in [0.717, 1.165) is 37.0 Å². The molecule has 0 radical (unpaired) electrons. The third-order valence-electron chi connectivity index (χ3n) is 5.59. The van der Waals surface area contributed by atoms with Crippen LogP contribution in [-0.2, 0) is 5.41 Å². The van der Waals surface area contributed by atoms with E-state index < -0.39 is 5.91 Å². The lowest BCUT2D eigenvalue weighted by Gasteiger charge is -2.20. The molecule has 0 bridgehead atoms. The van der Waals surface area contributed by atoms with Gasteiger partial charge in [-0.15, -0.1) is 0 Å². The molecule has 0 spiro atoms. The van der Waals surface area contributed by atoms with Crippen molar-refractivity contribution < 1.29 is 9.21 Å². The van der Waals surface area contributed by atoms with Gasteiger partial charge in [-0.3, -0.25) is 4.79 Å². The predicted octanol–water partition coefficient (Wildman–Crippen LogP) is 7.43. The number of hydrazone groups is 1. The smallest absolute Gasteiger partial charge is 0.307 e. The van der Waals surface area contributed by atoms with Gasteiger partial charge in [-0.05, 0) is 77.2 Å². The predicted molar refractivity (Wildman–Crippen MR) is 141 cm³/mol. The Morgan fingerprint density at radius 1 is 1.06 bits per heavy atom. The maximum atomic E-state index is 12.5.